The van der Waals surface area contributed by atoms with Crippen molar-refractivity contribution in [1.82, 2.24) is 20.2 Å². The lowest BCUT2D eigenvalue weighted by atomic mass is 9.95. The molecule has 146 valence electrons. The molecule has 0 atom stereocenters. The molecule has 28 heavy (non-hydrogen) atoms. The number of nitrogens with zero attached hydrogens (tertiary/aromatic N) is 2. The van der Waals surface area contributed by atoms with Crippen LogP contribution in [-0.2, 0) is 22.6 Å². The quantitative estimate of drug-likeness (QED) is 0.688. The van der Waals surface area contributed by atoms with E-state index < -0.39 is 0 Å². The van der Waals surface area contributed by atoms with E-state index in [-0.39, 0.29) is 17.7 Å². The Morgan fingerprint density at radius 2 is 2.00 bits per heavy atom. The highest BCUT2D eigenvalue weighted by molar-refractivity contribution is 5.80. The standard InChI is InChI=1S/C21H24N4O3/c26-20(8-7-19-23-17-5-1-2-6-18(17)24-19)25-11-9-15(10-12-25)21(27)22-14-16-4-3-13-28-16/h1-6,13,15H,7-12,14H2,(H,22,27)(H,23,24). The van der Waals surface area contributed by atoms with E-state index in [1.165, 1.54) is 0 Å². The van der Waals surface area contributed by atoms with Gasteiger partial charge in [-0.1, -0.05) is 12.1 Å². The molecular weight excluding hydrogens is 356 g/mol. The van der Waals surface area contributed by atoms with Gasteiger partial charge < -0.3 is 19.6 Å². The summed E-state index contributed by atoms with van der Waals surface area (Å²) in [5.74, 6) is 1.68. The molecule has 0 saturated carbocycles. The van der Waals surface area contributed by atoms with Gasteiger partial charge in [-0.25, -0.2) is 4.98 Å². The van der Waals surface area contributed by atoms with Crippen molar-refractivity contribution in [3.8, 4) is 0 Å². The molecule has 3 aromatic rings. The first-order chi connectivity index (χ1) is 13.7. The van der Waals surface area contributed by atoms with E-state index in [1.54, 1.807) is 12.3 Å². The number of H-pyrrole nitrogens is 1. The van der Waals surface area contributed by atoms with Crippen LogP contribution in [0.5, 0.6) is 0 Å². The van der Waals surface area contributed by atoms with Crippen molar-refractivity contribution in [2.45, 2.75) is 32.2 Å². The molecule has 2 amide bonds. The molecule has 7 nitrogen and oxygen atoms in total. The molecule has 2 N–H and O–H groups in total. The summed E-state index contributed by atoms with van der Waals surface area (Å²) in [6, 6.07) is 11.5. The number of aryl methyl sites for hydroxylation is 1. The second-order valence-corrected chi connectivity index (χ2v) is 7.15. The fourth-order valence-electron chi connectivity index (χ4n) is 3.63. The van der Waals surface area contributed by atoms with Crippen molar-refractivity contribution in [2.75, 3.05) is 13.1 Å². The maximum absolute atomic E-state index is 12.5. The number of carbonyl (C=O) groups is 2. The van der Waals surface area contributed by atoms with Crippen molar-refractivity contribution < 1.29 is 14.0 Å². The summed E-state index contributed by atoms with van der Waals surface area (Å²) in [7, 11) is 0. The third-order valence-corrected chi connectivity index (χ3v) is 5.25. The molecule has 0 bridgehead atoms. The first-order valence-electron chi connectivity index (χ1n) is 9.70. The van der Waals surface area contributed by atoms with Gasteiger partial charge >= 0.3 is 0 Å². The van der Waals surface area contributed by atoms with Gasteiger partial charge in [0, 0.05) is 31.8 Å². The Labute approximate surface area is 163 Å². The molecular formula is C21H24N4O3. The number of amides is 2. The summed E-state index contributed by atoms with van der Waals surface area (Å²) in [6.45, 7) is 1.65. The van der Waals surface area contributed by atoms with Crippen LogP contribution in [0.25, 0.3) is 11.0 Å². The lowest BCUT2D eigenvalue weighted by Gasteiger charge is -2.31. The molecule has 1 aliphatic rings. The molecule has 3 heterocycles. The zero-order valence-electron chi connectivity index (χ0n) is 15.7. The predicted molar refractivity (Wildman–Crippen MR) is 104 cm³/mol. The number of likely N-dealkylation sites (tertiary alicyclic amines) is 1. The molecule has 1 aromatic carbocycles. The van der Waals surface area contributed by atoms with Crippen molar-refractivity contribution in [3.05, 3.63) is 54.2 Å². The van der Waals surface area contributed by atoms with Gasteiger partial charge in [-0.2, -0.15) is 0 Å². The molecule has 0 spiro atoms. The smallest absolute Gasteiger partial charge is 0.223 e. The van der Waals surface area contributed by atoms with Crippen molar-refractivity contribution in [2.24, 2.45) is 5.92 Å². The van der Waals surface area contributed by atoms with Gasteiger partial charge in [0.05, 0.1) is 23.8 Å². The van der Waals surface area contributed by atoms with E-state index in [2.05, 4.69) is 15.3 Å². The Hall–Kier alpha value is -3.09. The number of para-hydroxylation sites is 2. The van der Waals surface area contributed by atoms with Crippen LogP contribution in [0, 0.1) is 5.92 Å². The normalized spacial score (nSPS) is 15.1. The topological polar surface area (TPSA) is 91.2 Å². The molecule has 1 fully saturated rings. The van der Waals surface area contributed by atoms with E-state index in [1.807, 2.05) is 35.2 Å². The maximum Gasteiger partial charge on any atom is 0.223 e. The van der Waals surface area contributed by atoms with Gasteiger partial charge in [0.2, 0.25) is 11.8 Å². The minimum Gasteiger partial charge on any atom is -0.467 e. The number of hydrogen-bond acceptors (Lipinski definition) is 4. The average Bonchev–Trinajstić information content (AvgIpc) is 3.39. The lowest BCUT2D eigenvalue weighted by molar-refractivity contribution is -0.135. The van der Waals surface area contributed by atoms with Crippen LogP contribution in [-0.4, -0.2) is 39.8 Å². The summed E-state index contributed by atoms with van der Waals surface area (Å²) < 4.78 is 5.23. The highest BCUT2D eigenvalue weighted by Crippen LogP contribution is 2.19. The maximum atomic E-state index is 12.5. The monoisotopic (exact) mass is 380 g/mol. The third kappa shape index (κ3) is 4.24. The van der Waals surface area contributed by atoms with E-state index in [0.29, 0.717) is 45.3 Å². The first-order valence-corrected chi connectivity index (χ1v) is 9.70. The van der Waals surface area contributed by atoms with Gasteiger partial charge in [0.1, 0.15) is 11.6 Å². The minimum absolute atomic E-state index is 0.0331. The number of imidazole rings is 1. The second-order valence-electron chi connectivity index (χ2n) is 7.15. The molecule has 1 aliphatic heterocycles. The summed E-state index contributed by atoms with van der Waals surface area (Å²) in [4.78, 5) is 34.5. The fourth-order valence-corrected chi connectivity index (χ4v) is 3.63. The van der Waals surface area contributed by atoms with Crippen molar-refractivity contribution in [3.63, 3.8) is 0 Å². The number of piperidine rings is 1. The van der Waals surface area contributed by atoms with Crippen molar-refractivity contribution >= 4 is 22.8 Å². The van der Waals surface area contributed by atoms with Crippen LogP contribution in [0.1, 0.15) is 30.8 Å². The SMILES string of the molecule is O=C(NCc1ccco1)C1CCN(C(=O)CCc2nc3ccccc3[nH]2)CC1. The van der Waals surface area contributed by atoms with Crippen LogP contribution in [0.2, 0.25) is 0 Å². The molecule has 1 saturated heterocycles. The minimum atomic E-state index is -0.0469. The number of aromatic amines is 1. The van der Waals surface area contributed by atoms with Crippen LogP contribution in [0.15, 0.2) is 47.1 Å². The molecule has 4 rings (SSSR count). The van der Waals surface area contributed by atoms with Crippen LogP contribution in [0.4, 0.5) is 0 Å². The Morgan fingerprint density at radius 3 is 2.75 bits per heavy atom. The number of furan rings is 1. The molecule has 7 heteroatoms. The summed E-state index contributed by atoms with van der Waals surface area (Å²) in [5.41, 5.74) is 1.91. The molecule has 0 radical (unpaired) electrons. The van der Waals surface area contributed by atoms with E-state index in [9.17, 15) is 9.59 Å². The zero-order valence-corrected chi connectivity index (χ0v) is 15.7. The number of nitrogens with one attached hydrogen (secondary N) is 2. The van der Waals surface area contributed by atoms with Gasteiger partial charge in [0.15, 0.2) is 0 Å². The summed E-state index contributed by atoms with van der Waals surface area (Å²) in [6.07, 6.45) is 4.00. The number of benzene rings is 1. The van der Waals surface area contributed by atoms with Gasteiger partial charge in [-0.15, -0.1) is 0 Å². The Morgan fingerprint density at radius 1 is 1.18 bits per heavy atom. The molecule has 0 aliphatic carbocycles. The number of hydrogen-bond donors (Lipinski definition) is 2. The average molecular weight is 380 g/mol. The Balaban J connectivity index is 1.21. The largest absolute Gasteiger partial charge is 0.467 e. The molecule has 0 unspecified atom stereocenters. The Kier molecular flexibility index (Phi) is 5.41. The van der Waals surface area contributed by atoms with Crippen LogP contribution >= 0.6 is 0 Å². The van der Waals surface area contributed by atoms with Crippen molar-refractivity contribution in [1.29, 1.82) is 0 Å². The fraction of sp³-hybridized carbons (Fsp3) is 0.381. The Bertz CT molecular complexity index is 907. The van der Waals surface area contributed by atoms with Gasteiger partial charge in [0.25, 0.3) is 0 Å². The number of rotatable bonds is 6. The predicted octanol–water partition coefficient (Wildman–Crippen LogP) is 2.64. The highest BCUT2D eigenvalue weighted by Gasteiger charge is 2.27. The number of fused-ring (bicyclic) bond motifs is 1. The first kappa shape index (κ1) is 18.3. The lowest BCUT2D eigenvalue weighted by Crippen LogP contribution is -2.43. The van der Waals surface area contributed by atoms with E-state index in [4.69, 9.17) is 4.42 Å². The number of aromatic nitrogens is 2. The van der Waals surface area contributed by atoms with Crippen LogP contribution < -0.4 is 5.32 Å². The van der Waals surface area contributed by atoms with E-state index in [0.717, 1.165) is 22.6 Å². The number of carbonyl (C=O) groups excluding carboxylic acids is 2. The van der Waals surface area contributed by atoms with Gasteiger partial charge in [-0.05, 0) is 37.1 Å². The second kappa shape index (κ2) is 8.29. The van der Waals surface area contributed by atoms with Gasteiger partial charge in [-0.3, -0.25) is 9.59 Å². The zero-order chi connectivity index (χ0) is 19.3. The summed E-state index contributed by atoms with van der Waals surface area (Å²) in [5, 5.41) is 2.91. The third-order valence-electron chi connectivity index (χ3n) is 5.25. The summed E-state index contributed by atoms with van der Waals surface area (Å²) >= 11 is 0. The van der Waals surface area contributed by atoms with E-state index >= 15 is 0 Å². The highest BCUT2D eigenvalue weighted by atomic mass is 16.3. The van der Waals surface area contributed by atoms with Crippen LogP contribution in [0.3, 0.4) is 0 Å². The molecule has 2 aromatic heterocycles.